The Balaban J connectivity index is 1.52. The Labute approximate surface area is 147 Å². The Kier molecular flexibility index (Phi) is 5.56. The van der Waals surface area contributed by atoms with E-state index in [0.717, 1.165) is 38.2 Å². The van der Waals surface area contributed by atoms with Gasteiger partial charge in [0.15, 0.2) is 0 Å². The molecule has 130 valence electrons. The van der Waals surface area contributed by atoms with E-state index in [1.807, 2.05) is 24.3 Å². The van der Waals surface area contributed by atoms with Gasteiger partial charge in [0, 0.05) is 43.8 Å². The van der Waals surface area contributed by atoms with Crippen molar-refractivity contribution in [2.75, 3.05) is 13.1 Å². The van der Waals surface area contributed by atoms with Gasteiger partial charge in [-0.2, -0.15) is 0 Å². The number of nitrogens with zero attached hydrogens (tertiary/aromatic N) is 3. The number of carbonyl (C=O) groups excluding carboxylic acids is 1. The Hall–Kier alpha value is -1.82. The maximum Gasteiger partial charge on any atom is 0.317 e. The molecule has 1 N–H and O–H groups in total. The third-order valence-electron chi connectivity index (χ3n) is 4.82. The summed E-state index contributed by atoms with van der Waals surface area (Å²) in [5.41, 5.74) is 1.34. The molecule has 0 radical (unpaired) electrons. The van der Waals surface area contributed by atoms with Crippen molar-refractivity contribution in [2.45, 2.75) is 39.2 Å². The molecule has 2 aromatic rings. The molecule has 0 aromatic carbocycles. The van der Waals surface area contributed by atoms with Gasteiger partial charge in [0.1, 0.15) is 5.82 Å². The summed E-state index contributed by atoms with van der Waals surface area (Å²) in [6.07, 6.45) is 8.02. The number of aryl methyl sites for hydroxylation is 2. The van der Waals surface area contributed by atoms with Crippen LogP contribution in [0.3, 0.4) is 0 Å². The highest BCUT2D eigenvalue weighted by Crippen LogP contribution is 2.21. The molecule has 3 rings (SSSR count). The van der Waals surface area contributed by atoms with Crippen LogP contribution in [0.4, 0.5) is 4.79 Å². The van der Waals surface area contributed by atoms with Crippen molar-refractivity contribution >= 4 is 17.4 Å². The van der Waals surface area contributed by atoms with E-state index in [-0.39, 0.29) is 6.03 Å². The first-order valence-electron chi connectivity index (χ1n) is 8.71. The van der Waals surface area contributed by atoms with Crippen LogP contribution >= 0.6 is 11.3 Å². The molecule has 1 aliphatic heterocycles. The highest BCUT2D eigenvalue weighted by atomic mass is 32.1. The second kappa shape index (κ2) is 7.83. The van der Waals surface area contributed by atoms with Crippen LogP contribution in [-0.4, -0.2) is 33.6 Å². The number of hydrogen-bond acceptors (Lipinski definition) is 3. The molecule has 3 heterocycles. The number of likely N-dealkylation sites (tertiary alicyclic amines) is 1. The van der Waals surface area contributed by atoms with Crippen LogP contribution in [0.5, 0.6) is 0 Å². The Morgan fingerprint density at radius 3 is 3.12 bits per heavy atom. The molecule has 1 saturated heterocycles. The van der Waals surface area contributed by atoms with E-state index in [2.05, 4.69) is 33.2 Å². The first-order chi connectivity index (χ1) is 11.7. The van der Waals surface area contributed by atoms with Gasteiger partial charge in [0.25, 0.3) is 0 Å². The summed E-state index contributed by atoms with van der Waals surface area (Å²) in [4.78, 5) is 20.2. The van der Waals surface area contributed by atoms with E-state index in [1.165, 1.54) is 16.9 Å². The zero-order valence-electron chi connectivity index (χ0n) is 14.5. The molecule has 0 unspecified atom stereocenters. The zero-order chi connectivity index (χ0) is 16.9. The summed E-state index contributed by atoms with van der Waals surface area (Å²) in [6, 6.07) is 2.21. The van der Waals surface area contributed by atoms with Gasteiger partial charge in [0.2, 0.25) is 0 Å². The third kappa shape index (κ3) is 3.98. The van der Waals surface area contributed by atoms with Gasteiger partial charge in [-0.25, -0.2) is 9.78 Å². The molecular formula is C18H26N4OS. The van der Waals surface area contributed by atoms with Crippen molar-refractivity contribution in [1.29, 1.82) is 0 Å². The standard InChI is InChI=1S/C18H26N4OS/c1-3-15-6-10-24-16(15)12-20-18(23)22-8-4-5-14(13-22)11-17-19-7-9-21(17)2/h6-7,9-10,14H,3-5,8,11-13H2,1-2H3,(H,20,23)/t14-/m1/s1. The second-order valence-electron chi connectivity index (χ2n) is 6.49. The fourth-order valence-corrected chi connectivity index (χ4v) is 4.29. The molecule has 0 spiro atoms. The normalized spacial score (nSPS) is 17.9. The van der Waals surface area contributed by atoms with E-state index in [4.69, 9.17) is 0 Å². The predicted molar refractivity (Wildman–Crippen MR) is 97.1 cm³/mol. The summed E-state index contributed by atoms with van der Waals surface area (Å²) in [5.74, 6) is 1.60. The molecule has 2 amide bonds. The van der Waals surface area contributed by atoms with Crippen molar-refractivity contribution in [3.63, 3.8) is 0 Å². The first kappa shape index (κ1) is 17.0. The molecule has 0 saturated carbocycles. The summed E-state index contributed by atoms with van der Waals surface area (Å²) >= 11 is 1.72. The van der Waals surface area contributed by atoms with Crippen LogP contribution in [0, 0.1) is 5.92 Å². The van der Waals surface area contributed by atoms with Gasteiger partial charge in [-0.15, -0.1) is 11.3 Å². The minimum absolute atomic E-state index is 0.0648. The molecule has 1 atom stereocenters. The minimum atomic E-state index is 0.0648. The first-order valence-corrected chi connectivity index (χ1v) is 9.59. The molecule has 0 bridgehead atoms. The molecule has 0 aliphatic carbocycles. The van der Waals surface area contributed by atoms with Gasteiger partial charge in [0.05, 0.1) is 6.54 Å². The summed E-state index contributed by atoms with van der Waals surface area (Å²) < 4.78 is 2.07. The van der Waals surface area contributed by atoms with Gasteiger partial charge in [-0.3, -0.25) is 0 Å². The van der Waals surface area contributed by atoms with Crippen LogP contribution in [0.2, 0.25) is 0 Å². The van der Waals surface area contributed by atoms with Crippen molar-refractivity contribution in [2.24, 2.45) is 13.0 Å². The summed E-state index contributed by atoms with van der Waals surface area (Å²) in [6.45, 7) is 4.47. The fraction of sp³-hybridized carbons (Fsp3) is 0.556. The van der Waals surface area contributed by atoms with Crippen LogP contribution in [0.15, 0.2) is 23.8 Å². The lowest BCUT2D eigenvalue weighted by Crippen LogP contribution is -2.45. The van der Waals surface area contributed by atoms with Crippen LogP contribution < -0.4 is 5.32 Å². The van der Waals surface area contributed by atoms with E-state index in [1.54, 1.807) is 11.3 Å². The van der Waals surface area contributed by atoms with Gasteiger partial charge in [-0.05, 0) is 42.2 Å². The number of hydrogen-bond donors (Lipinski definition) is 1. The van der Waals surface area contributed by atoms with E-state index in [0.29, 0.717) is 12.5 Å². The monoisotopic (exact) mass is 346 g/mol. The van der Waals surface area contributed by atoms with Crippen molar-refractivity contribution in [3.05, 3.63) is 40.1 Å². The number of urea groups is 1. The molecule has 24 heavy (non-hydrogen) atoms. The minimum Gasteiger partial charge on any atom is -0.338 e. The van der Waals surface area contributed by atoms with E-state index < -0.39 is 0 Å². The molecule has 1 fully saturated rings. The van der Waals surface area contributed by atoms with Crippen LogP contribution in [0.1, 0.15) is 36.0 Å². The average molecular weight is 347 g/mol. The topological polar surface area (TPSA) is 50.2 Å². The number of imidazole rings is 1. The van der Waals surface area contributed by atoms with Crippen molar-refractivity contribution in [1.82, 2.24) is 19.8 Å². The summed E-state index contributed by atoms with van der Waals surface area (Å²) in [7, 11) is 2.03. The second-order valence-corrected chi connectivity index (χ2v) is 7.49. The van der Waals surface area contributed by atoms with Gasteiger partial charge >= 0.3 is 6.03 Å². The lowest BCUT2D eigenvalue weighted by Gasteiger charge is -2.32. The SMILES string of the molecule is CCc1ccsc1CNC(=O)N1CCC[C@H](Cc2nccn2C)C1. The Morgan fingerprint density at radius 2 is 2.38 bits per heavy atom. The number of carbonyl (C=O) groups is 1. The quantitative estimate of drug-likeness (QED) is 0.904. The number of rotatable bonds is 5. The molecule has 5 nitrogen and oxygen atoms in total. The van der Waals surface area contributed by atoms with E-state index in [9.17, 15) is 4.79 Å². The van der Waals surface area contributed by atoms with Crippen molar-refractivity contribution in [3.8, 4) is 0 Å². The highest BCUT2D eigenvalue weighted by molar-refractivity contribution is 7.10. The smallest absolute Gasteiger partial charge is 0.317 e. The Morgan fingerprint density at radius 1 is 1.50 bits per heavy atom. The van der Waals surface area contributed by atoms with Crippen LogP contribution in [-0.2, 0) is 26.4 Å². The lowest BCUT2D eigenvalue weighted by atomic mass is 9.94. The molecule has 1 aliphatic rings. The molecule has 6 heteroatoms. The Bertz CT molecular complexity index is 678. The van der Waals surface area contributed by atoms with Crippen molar-refractivity contribution < 1.29 is 4.79 Å². The third-order valence-corrected chi connectivity index (χ3v) is 5.78. The number of aromatic nitrogens is 2. The zero-order valence-corrected chi connectivity index (χ0v) is 15.3. The summed E-state index contributed by atoms with van der Waals surface area (Å²) in [5, 5.41) is 5.20. The van der Waals surface area contributed by atoms with Gasteiger partial charge < -0.3 is 14.8 Å². The lowest BCUT2D eigenvalue weighted by molar-refractivity contribution is 0.164. The maximum absolute atomic E-state index is 12.5. The number of nitrogens with one attached hydrogen (secondary N) is 1. The fourth-order valence-electron chi connectivity index (χ4n) is 3.37. The largest absolute Gasteiger partial charge is 0.338 e. The van der Waals surface area contributed by atoms with Crippen LogP contribution in [0.25, 0.3) is 0 Å². The number of piperidine rings is 1. The van der Waals surface area contributed by atoms with E-state index >= 15 is 0 Å². The maximum atomic E-state index is 12.5. The molecular weight excluding hydrogens is 320 g/mol. The highest BCUT2D eigenvalue weighted by Gasteiger charge is 2.24. The predicted octanol–water partition coefficient (Wildman–Crippen LogP) is 3.21. The average Bonchev–Trinajstić information content (AvgIpc) is 3.22. The van der Waals surface area contributed by atoms with Gasteiger partial charge in [-0.1, -0.05) is 6.92 Å². The molecule has 2 aromatic heterocycles. The number of thiophene rings is 1. The number of amides is 2.